The van der Waals surface area contributed by atoms with E-state index in [1.807, 2.05) is 36.5 Å². The van der Waals surface area contributed by atoms with Crippen molar-refractivity contribution in [3.05, 3.63) is 68.9 Å². The summed E-state index contributed by atoms with van der Waals surface area (Å²) in [5.74, 6) is 0. The lowest BCUT2D eigenvalue weighted by atomic mass is 10.2. The third-order valence-corrected chi connectivity index (χ3v) is 3.04. The molecular weight excluding hydrogens is 208 g/mol. The highest BCUT2D eigenvalue weighted by Gasteiger charge is 2.07. The third kappa shape index (κ3) is 1.75. The van der Waals surface area contributed by atoms with Gasteiger partial charge < -0.3 is 0 Å². The fraction of sp³-hybridized carbons (Fsp3) is 0. The molecule has 0 aliphatic heterocycles. The second kappa shape index (κ2) is 4.00. The van der Waals surface area contributed by atoms with Gasteiger partial charge in [-0.05, 0) is 24.3 Å². The summed E-state index contributed by atoms with van der Waals surface area (Å²) in [5, 5.41) is 0. The van der Waals surface area contributed by atoms with Crippen LogP contribution in [0.1, 0.15) is 0 Å². The summed E-state index contributed by atoms with van der Waals surface area (Å²) < 4.78 is 0. The first-order valence-corrected chi connectivity index (χ1v) is 5.08. The van der Waals surface area contributed by atoms with Crippen LogP contribution in [0.3, 0.4) is 0 Å². The fourth-order valence-electron chi connectivity index (χ4n) is 1.21. The Bertz CT molecular complexity index is 440. The van der Waals surface area contributed by atoms with Crippen molar-refractivity contribution in [3.63, 3.8) is 0 Å². The summed E-state index contributed by atoms with van der Waals surface area (Å²) in [5.41, 5.74) is 8.10. The maximum atomic E-state index is 4.42. The Balaban J connectivity index is 2.41. The normalized spacial score (nSPS) is 18.7. The zero-order chi connectivity index (χ0) is 9.97. The van der Waals surface area contributed by atoms with Crippen molar-refractivity contribution < 1.29 is 0 Å². The van der Waals surface area contributed by atoms with E-state index in [9.17, 15) is 0 Å². The number of hydrogen-bond donors (Lipinski definition) is 2. The van der Waals surface area contributed by atoms with E-state index in [4.69, 9.17) is 0 Å². The van der Waals surface area contributed by atoms with Gasteiger partial charge in [0.05, 0.1) is 0 Å². The molecule has 0 saturated carbocycles. The standard InChI is InChI=1S/C12H8S2/c13-11(9-5-1-2-6-9)12(14)10-7-3-4-8-10/h1-5,7,13-14H/b12-11-. The molecule has 0 fully saturated rings. The molecule has 14 heavy (non-hydrogen) atoms. The van der Waals surface area contributed by atoms with E-state index >= 15 is 0 Å². The third-order valence-electron chi connectivity index (χ3n) is 1.93. The van der Waals surface area contributed by atoms with Gasteiger partial charge in [0.2, 0.25) is 0 Å². The zero-order valence-corrected chi connectivity index (χ0v) is 9.15. The maximum Gasteiger partial charge on any atom is 0.0337 e. The van der Waals surface area contributed by atoms with E-state index in [0.29, 0.717) is 0 Å². The van der Waals surface area contributed by atoms with Gasteiger partial charge in [-0.15, -0.1) is 36.7 Å². The summed E-state index contributed by atoms with van der Waals surface area (Å²) in [6, 6.07) is 0. The highest BCUT2D eigenvalue weighted by molar-refractivity contribution is 7.89. The van der Waals surface area contributed by atoms with Crippen LogP contribution in [0.15, 0.2) is 68.9 Å². The smallest absolute Gasteiger partial charge is 0.0337 e. The van der Waals surface area contributed by atoms with E-state index in [1.165, 1.54) is 0 Å². The minimum Gasteiger partial charge on any atom is -0.141 e. The molecule has 68 valence electrons. The van der Waals surface area contributed by atoms with Crippen molar-refractivity contribution in [2.24, 2.45) is 0 Å². The van der Waals surface area contributed by atoms with Crippen molar-refractivity contribution in [2.75, 3.05) is 0 Å². The molecule has 2 aliphatic carbocycles. The largest absolute Gasteiger partial charge is 0.141 e. The molecule has 0 aromatic heterocycles. The van der Waals surface area contributed by atoms with Crippen molar-refractivity contribution in [1.29, 1.82) is 0 Å². The maximum absolute atomic E-state index is 4.42. The van der Waals surface area contributed by atoms with Gasteiger partial charge in [0.1, 0.15) is 0 Å². The van der Waals surface area contributed by atoms with Gasteiger partial charge in [-0.2, -0.15) is 0 Å². The lowest BCUT2D eigenvalue weighted by Gasteiger charge is -2.03. The molecule has 0 nitrogen and oxygen atoms in total. The monoisotopic (exact) mass is 216 g/mol. The van der Waals surface area contributed by atoms with Gasteiger partial charge in [0, 0.05) is 21.0 Å². The van der Waals surface area contributed by atoms with Gasteiger partial charge >= 0.3 is 0 Å². The van der Waals surface area contributed by atoms with Gasteiger partial charge in [-0.25, -0.2) is 0 Å². The van der Waals surface area contributed by atoms with E-state index < -0.39 is 0 Å². The SMILES string of the molecule is S/C(C1=C=CC=C1)=C(\S)C1=C=CC=C1. The molecule has 0 amide bonds. The van der Waals surface area contributed by atoms with Crippen LogP contribution >= 0.6 is 25.3 Å². The predicted octanol–water partition coefficient (Wildman–Crippen LogP) is 3.36. The van der Waals surface area contributed by atoms with Crippen molar-refractivity contribution in [1.82, 2.24) is 0 Å². The molecule has 0 aromatic carbocycles. The lowest BCUT2D eigenvalue weighted by Crippen LogP contribution is -1.83. The second-order valence-electron chi connectivity index (χ2n) is 2.86. The van der Waals surface area contributed by atoms with E-state index in [-0.39, 0.29) is 0 Å². The molecule has 0 unspecified atom stereocenters. The molecule has 0 atom stereocenters. The quantitative estimate of drug-likeness (QED) is 0.513. The fourth-order valence-corrected chi connectivity index (χ4v) is 1.73. The Morgan fingerprint density at radius 1 is 0.857 bits per heavy atom. The van der Waals surface area contributed by atoms with Crippen LogP contribution in [0.2, 0.25) is 0 Å². The minimum absolute atomic E-state index is 0.834. The summed E-state index contributed by atoms with van der Waals surface area (Å²) in [4.78, 5) is 1.67. The van der Waals surface area contributed by atoms with Crippen LogP contribution in [0.4, 0.5) is 0 Å². The Morgan fingerprint density at radius 3 is 1.57 bits per heavy atom. The summed E-state index contributed by atoms with van der Waals surface area (Å²) in [6.45, 7) is 0. The lowest BCUT2D eigenvalue weighted by molar-refractivity contribution is 1.63. The van der Waals surface area contributed by atoms with Gasteiger partial charge in [0.15, 0.2) is 0 Å². The van der Waals surface area contributed by atoms with E-state index in [0.717, 1.165) is 21.0 Å². The molecule has 0 radical (unpaired) electrons. The van der Waals surface area contributed by atoms with Crippen LogP contribution in [-0.2, 0) is 0 Å². The predicted molar refractivity (Wildman–Crippen MR) is 66.5 cm³/mol. The van der Waals surface area contributed by atoms with Gasteiger partial charge in [-0.1, -0.05) is 12.2 Å². The molecule has 2 aliphatic rings. The van der Waals surface area contributed by atoms with Crippen LogP contribution in [0.5, 0.6) is 0 Å². The summed E-state index contributed by atoms with van der Waals surface area (Å²) in [6.07, 6.45) is 11.5. The van der Waals surface area contributed by atoms with E-state index in [1.54, 1.807) is 0 Å². The molecule has 0 spiro atoms. The first-order valence-electron chi connectivity index (χ1n) is 4.19. The molecular formula is C12H8S2. The Morgan fingerprint density at radius 2 is 1.29 bits per heavy atom. The second-order valence-corrected chi connectivity index (χ2v) is 3.76. The Kier molecular flexibility index (Phi) is 2.72. The number of rotatable bonds is 2. The molecule has 0 aromatic rings. The highest BCUT2D eigenvalue weighted by atomic mass is 32.1. The van der Waals surface area contributed by atoms with Crippen LogP contribution < -0.4 is 0 Å². The number of allylic oxidation sites excluding steroid dienone is 6. The summed E-state index contributed by atoms with van der Waals surface area (Å²) in [7, 11) is 0. The van der Waals surface area contributed by atoms with Crippen molar-refractivity contribution >= 4 is 25.3 Å². The average Bonchev–Trinajstić information content (AvgIpc) is 2.87. The van der Waals surface area contributed by atoms with Crippen LogP contribution in [-0.4, -0.2) is 0 Å². The van der Waals surface area contributed by atoms with Crippen molar-refractivity contribution in [3.8, 4) is 0 Å². The zero-order valence-electron chi connectivity index (χ0n) is 7.36. The van der Waals surface area contributed by atoms with Gasteiger partial charge in [-0.3, -0.25) is 0 Å². The molecule has 0 bridgehead atoms. The molecule has 0 saturated heterocycles. The van der Waals surface area contributed by atoms with Crippen LogP contribution in [0.25, 0.3) is 0 Å². The highest BCUT2D eigenvalue weighted by Crippen LogP contribution is 2.29. The Hall–Kier alpha value is -1.04. The minimum atomic E-state index is 0.834. The number of hydrogen-bond acceptors (Lipinski definition) is 2. The van der Waals surface area contributed by atoms with E-state index in [2.05, 4.69) is 36.7 Å². The topological polar surface area (TPSA) is 0 Å². The first kappa shape index (κ1) is 9.51. The Labute approximate surface area is 94.2 Å². The number of thiol groups is 2. The molecule has 0 N–H and O–H groups in total. The summed E-state index contributed by atoms with van der Waals surface area (Å²) >= 11 is 8.84. The first-order chi connectivity index (χ1) is 6.79. The van der Waals surface area contributed by atoms with Gasteiger partial charge in [0.25, 0.3) is 0 Å². The molecule has 2 heteroatoms. The molecule has 2 rings (SSSR count). The average molecular weight is 216 g/mol. The van der Waals surface area contributed by atoms with Crippen LogP contribution in [0, 0.1) is 0 Å². The van der Waals surface area contributed by atoms with Crippen molar-refractivity contribution in [2.45, 2.75) is 0 Å². The molecule has 0 heterocycles.